The van der Waals surface area contributed by atoms with Crippen molar-refractivity contribution in [2.45, 2.75) is 13.3 Å². The van der Waals surface area contributed by atoms with E-state index in [1.54, 1.807) is 18.6 Å². The third-order valence-corrected chi connectivity index (χ3v) is 5.09. The normalized spacial score (nSPS) is 11.1. The number of rotatable bonds is 5. The van der Waals surface area contributed by atoms with Crippen molar-refractivity contribution in [1.82, 2.24) is 40.2 Å². The molecule has 9 heteroatoms. The quantitative estimate of drug-likeness (QED) is 0.485. The fourth-order valence-electron chi connectivity index (χ4n) is 3.47. The van der Waals surface area contributed by atoms with Crippen molar-refractivity contribution >= 4 is 17.2 Å². The van der Waals surface area contributed by atoms with Crippen LogP contribution in [-0.2, 0) is 6.42 Å². The van der Waals surface area contributed by atoms with E-state index in [0.717, 1.165) is 46.0 Å². The number of anilines is 2. The minimum Gasteiger partial charge on any atom is -0.329 e. The Kier molecular flexibility index (Phi) is 4.40. The Morgan fingerprint density at radius 1 is 1.03 bits per heavy atom. The van der Waals surface area contributed by atoms with Crippen molar-refractivity contribution in [1.29, 1.82) is 0 Å². The van der Waals surface area contributed by atoms with Crippen LogP contribution in [0.5, 0.6) is 0 Å². The largest absolute Gasteiger partial charge is 0.329 e. The van der Waals surface area contributed by atoms with Crippen molar-refractivity contribution in [3.05, 3.63) is 66.7 Å². The number of tetrazole rings is 1. The first-order valence-corrected chi connectivity index (χ1v) is 9.60. The molecule has 4 heterocycles. The van der Waals surface area contributed by atoms with Crippen molar-refractivity contribution < 1.29 is 0 Å². The smallest absolute Gasteiger partial charge is 0.181 e. The van der Waals surface area contributed by atoms with Gasteiger partial charge in [-0.1, -0.05) is 19.1 Å². The fourth-order valence-corrected chi connectivity index (χ4v) is 3.47. The van der Waals surface area contributed by atoms with Gasteiger partial charge in [0.1, 0.15) is 5.82 Å². The van der Waals surface area contributed by atoms with Crippen LogP contribution in [0.2, 0.25) is 0 Å². The second-order valence-electron chi connectivity index (χ2n) is 6.84. The Morgan fingerprint density at radius 3 is 2.67 bits per heavy atom. The summed E-state index contributed by atoms with van der Waals surface area (Å²) in [6.45, 7) is 2.10. The standard InChI is InChI=1S/C21H19N9/c1-3-15-12-20(30-19(24-15)9-11-23-30)29(2)16-6-4-14(5-7-16)17-8-10-22-13-18(17)21-25-27-28-26-21/h4-13H,3H2,1-2H3,(H,25,26,27,28). The summed E-state index contributed by atoms with van der Waals surface area (Å²) in [5, 5.41) is 18.6. The highest BCUT2D eigenvalue weighted by molar-refractivity contribution is 5.80. The Hall–Kier alpha value is -4.14. The molecule has 0 spiro atoms. The number of benzene rings is 1. The van der Waals surface area contributed by atoms with Crippen LogP contribution in [0.1, 0.15) is 12.6 Å². The summed E-state index contributed by atoms with van der Waals surface area (Å²) >= 11 is 0. The van der Waals surface area contributed by atoms with Gasteiger partial charge >= 0.3 is 0 Å². The molecule has 5 aromatic rings. The minimum absolute atomic E-state index is 0.587. The van der Waals surface area contributed by atoms with Crippen LogP contribution in [0.4, 0.5) is 11.5 Å². The van der Waals surface area contributed by atoms with Crippen LogP contribution in [0, 0.1) is 0 Å². The second kappa shape index (κ2) is 7.36. The van der Waals surface area contributed by atoms with Crippen LogP contribution in [-0.4, -0.2) is 47.3 Å². The molecule has 0 radical (unpaired) electrons. The summed E-state index contributed by atoms with van der Waals surface area (Å²) in [6.07, 6.45) is 6.16. The number of nitrogens with one attached hydrogen (secondary N) is 1. The van der Waals surface area contributed by atoms with Gasteiger partial charge in [0, 0.05) is 48.5 Å². The number of hydrogen-bond acceptors (Lipinski definition) is 7. The number of aromatic amines is 1. The van der Waals surface area contributed by atoms with Gasteiger partial charge in [0.05, 0.1) is 6.20 Å². The summed E-state index contributed by atoms with van der Waals surface area (Å²) < 4.78 is 1.85. The molecule has 0 saturated heterocycles. The van der Waals surface area contributed by atoms with Gasteiger partial charge in [-0.05, 0) is 46.2 Å². The lowest BCUT2D eigenvalue weighted by atomic mass is 10.0. The SMILES string of the molecule is CCc1cc(N(C)c2ccc(-c3ccncc3-c3nnn[nH]3)cc2)n2nccc2n1. The summed E-state index contributed by atoms with van der Waals surface area (Å²) in [4.78, 5) is 10.9. The Bertz CT molecular complexity index is 1290. The summed E-state index contributed by atoms with van der Waals surface area (Å²) in [5.41, 5.74) is 5.82. The molecule has 5 rings (SSSR count). The summed E-state index contributed by atoms with van der Waals surface area (Å²) in [5.74, 6) is 1.55. The maximum Gasteiger partial charge on any atom is 0.181 e. The number of pyridine rings is 1. The maximum atomic E-state index is 4.63. The Morgan fingerprint density at radius 2 is 1.90 bits per heavy atom. The number of fused-ring (bicyclic) bond motifs is 1. The molecule has 0 atom stereocenters. The van der Waals surface area contributed by atoms with Crippen LogP contribution in [0.3, 0.4) is 0 Å². The van der Waals surface area contributed by atoms with E-state index in [1.165, 1.54) is 0 Å². The van der Waals surface area contributed by atoms with E-state index in [1.807, 2.05) is 23.7 Å². The monoisotopic (exact) mass is 397 g/mol. The highest BCUT2D eigenvalue weighted by atomic mass is 15.5. The maximum absolute atomic E-state index is 4.63. The zero-order chi connectivity index (χ0) is 20.5. The van der Waals surface area contributed by atoms with Crippen molar-refractivity contribution in [3.8, 4) is 22.5 Å². The molecule has 0 aliphatic carbocycles. The molecule has 1 N–H and O–H groups in total. The highest BCUT2D eigenvalue weighted by Gasteiger charge is 2.14. The molecule has 0 amide bonds. The Labute approximate surface area is 172 Å². The van der Waals surface area contributed by atoms with Gasteiger partial charge < -0.3 is 4.90 Å². The second-order valence-corrected chi connectivity index (χ2v) is 6.84. The third-order valence-electron chi connectivity index (χ3n) is 5.09. The number of nitrogens with zero attached hydrogens (tertiary/aromatic N) is 8. The molecule has 0 aliphatic heterocycles. The molecule has 9 nitrogen and oxygen atoms in total. The van der Waals surface area contributed by atoms with Gasteiger partial charge in [-0.2, -0.15) is 9.61 Å². The van der Waals surface area contributed by atoms with Gasteiger partial charge in [0.2, 0.25) is 0 Å². The topological polar surface area (TPSA) is 101 Å². The highest BCUT2D eigenvalue weighted by Crippen LogP contribution is 2.31. The molecule has 1 aromatic carbocycles. The molecule has 0 bridgehead atoms. The fraction of sp³-hybridized carbons (Fsp3) is 0.143. The van der Waals surface area contributed by atoms with Crippen LogP contribution < -0.4 is 4.90 Å². The number of aryl methyl sites for hydroxylation is 1. The predicted molar refractivity (Wildman–Crippen MR) is 113 cm³/mol. The number of aromatic nitrogens is 8. The molecule has 30 heavy (non-hydrogen) atoms. The van der Waals surface area contributed by atoms with E-state index in [4.69, 9.17) is 0 Å². The summed E-state index contributed by atoms with van der Waals surface area (Å²) in [6, 6.07) is 14.3. The predicted octanol–water partition coefficient (Wildman–Crippen LogP) is 3.30. The Balaban J connectivity index is 1.52. The molecule has 0 aliphatic rings. The van der Waals surface area contributed by atoms with E-state index in [2.05, 4.69) is 77.8 Å². The van der Waals surface area contributed by atoms with Crippen molar-refractivity contribution in [2.24, 2.45) is 0 Å². The van der Waals surface area contributed by atoms with E-state index in [9.17, 15) is 0 Å². The number of H-pyrrole nitrogens is 1. The lowest BCUT2D eigenvalue weighted by Crippen LogP contribution is -2.15. The minimum atomic E-state index is 0.587. The average Bonchev–Trinajstić information content (AvgIpc) is 3.50. The lowest BCUT2D eigenvalue weighted by Gasteiger charge is -2.21. The van der Waals surface area contributed by atoms with Crippen LogP contribution >= 0.6 is 0 Å². The van der Waals surface area contributed by atoms with Crippen molar-refractivity contribution in [3.63, 3.8) is 0 Å². The van der Waals surface area contributed by atoms with Gasteiger partial charge in [0.25, 0.3) is 0 Å². The zero-order valence-electron chi connectivity index (χ0n) is 16.6. The van der Waals surface area contributed by atoms with E-state index in [0.29, 0.717) is 5.82 Å². The zero-order valence-corrected chi connectivity index (χ0v) is 16.6. The first kappa shape index (κ1) is 17.9. The molecule has 4 aromatic heterocycles. The first-order valence-electron chi connectivity index (χ1n) is 9.60. The lowest BCUT2D eigenvalue weighted by molar-refractivity contribution is 0.881. The average molecular weight is 397 g/mol. The molecular weight excluding hydrogens is 378 g/mol. The van der Waals surface area contributed by atoms with Gasteiger partial charge in [0.15, 0.2) is 11.5 Å². The summed E-state index contributed by atoms with van der Waals surface area (Å²) in [7, 11) is 2.03. The van der Waals surface area contributed by atoms with Gasteiger partial charge in [-0.3, -0.25) is 4.98 Å². The van der Waals surface area contributed by atoms with Crippen molar-refractivity contribution in [2.75, 3.05) is 11.9 Å². The molecule has 148 valence electrons. The molecule has 0 fully saturated rings. The third kappa shape index (κ3) is 3.06. The van der Waals surface area contributed by atoms with Gasteiger partial charge in [-0.25, -0.2) is 10.1 Å². The first-order chi connectivity index (χ1) is 14.7. The molecule has 0 unspecified atom stereocenters. The van der Waals surface area contributed by atoms with E-state index < -0.39 is 0 Å². The van der Waals surface area contributed by atoms with Crippen LogP contribution in [0.15, 0.2) is 61.1 Å². The van der Waals surface area contributed by atoms with E-state index in [-0.39, 0.29) is 0 Å². The van der Waals surface area contributed by atoms with Crippen LogP contribution in [0.25, 0.3) is 28.2 Å². The van der Waals surface area contributed by atoms with E-state index >= 15 is 0 Å². The van der Waals surface area contributed by atoms with Gasteiger partial charge in [-0.15, -0.1) is 5.10 Å². The number of hydrogen-bond donors (Lipinski definition) is 1. The molecule has 0 saturated carbocycles. The molecular formula is C21H19N9.